The molecule has 0 amide bonds. The number of anilines is 1. The van der Waals surface area contributed by atoms with Crippen molar-refractivity contribution in [1.82, 2.24) is 9.97 Å². The molecule has 1 N–H and O–H groups in total. The highest BCUT2D eigenvalue weighted by Crippen LogP contribution is 2.21. The van der Waals surface area contributed by atoms with Gasteiger partial charge in [0.2, 0.25) is 0 Å². The van der Waals surface area contributed by atoms with E-state index < -0.39 is 0 Å². The van der Waals surface area contributed by atoms with E-state index in [1.54, 1.807) is 17.5 Å². The molecular weight excluding hydrogens is 242 g/mol. The van der Waals surface area contributed by atoms with Crippen molar-refractivity contribution in [3.63, 3.8) is 0 Å². The summed E-state index contributed by atoms with van der Waals surface area (Å²) in [4.78, 5) is 9.62. The van der Waals surface area contributed by atoms with Crippen LogP contribution in [0.5, 0.6) is 0 Å². The lowest BCUT2D eigenvalue weighted by Crippen LogP contribution is -2.00. The van der Waals surface area contributed by atoms with Crippen molar-refractivity contribution in [3.8, 4) is 0 Å². The fraction of sp³-hybridized carbons (Fsp3) is 0.273. The van der Waals surface area contributed by atoms with Gasteiger partial charge in [0.05, 0.1) is 22.9 Å². The van der Waals surface area contributed by atoms with Crippen LogP contribution in [0.1, 0.15) is 15.6 Å². The number of pyridine rings is 1. The minimum atomic E-state index is 0.501. The van der Waals surface area contributed by atoms with Gasteiger partial charge in [-0.05, 0) is 26.0 Å². The van der Waals surface area contributed by atoms with E-state index in [0.717, 1.165) is 22.9 Å². The first-order valence-corrected chi connectivity index (χ1v) is 6.13. The quantitative estimate of drug-likeness (QED) is 0.852. The van der Waals surface area contributed by atoms with E-state index in [1.807, 2.05) is 26.0 Å². The van der Waals surface area contributed by atoms with Gasteiger partial charge < -0.3 is 5.32 Å². The standard InChI is InChI=1S/C11H12ClN3S/c1-7-10(16-8(2)15-7)6-14-9-4-3-5-13-11(9)12/h3-5,14H,6H2,1-2H3. The number of hydrogen-bond donors (Lipinski definition) is 1. The molecule has 0 atom stereocenters. The lowest BCUT2D eigenvalue weighted by atomic mass is 10.3. The molecule has 0 aliphatic carbocycles. The van der Waals surface area contributed by atoms with Gasteiger partial charge in [-0.3, -0.25) is 0 Å². The Morgan fingerprint density at radius 2 is 2.25 bits per heavy atom. The number of halogens is 1. The van der Waals surface area contributed by atoms with E-state index in [1.165, 1.54) is 4.88 Å². The van der Waals surface area contributed by atoms with Crippen LogP contribution in [-0.4, -0.2) is 9.97 Å². The molecule has 0 unspecified atom stereocenters. The fourth-order valence-corrected chi connectivity index (χ4v) is 2.49. The van der Waals surface area contributed by atoms with Gasteiger partial charge >= 0.3 is 0 Å². The summed E-state index contributed by atoms with van der Waals surface area (Å²) in [6, 6.07) is 3.78. The minimum absolute atomic E-state index is 0.501. The highest BCUT2D eigenvalue weighted by Gasteiger charge is 2.05. The maximum atomic E-state index is 5.95. The van der Waals surface area contributed by atoms with Crippen molar-refractivity contribution in [3.05, 3.63) is 39.1 Å². The van der Waals surface area contributed by atoms with Crippen molar-refractivity contribution < 1.29 is 0 Å². The van der Waals surface area contributed by atoms with Crippen molar-refractivity contribution in [2.45, 2.75) is 20.4 Å². The molecule has 0 bridgehead atoms. The van der Waals surface area contributed by atoms with Crippen molar-refractivity contribution in [2.24, 2.45) is 0 Å². The minimum Gasteiger partial charge on any atom is -0.378 e. The zero-order valence-corrected chi connectivity index (χ0v) is 10.7. The molecule has 0 aliphatic rings. The number of aryl methyl sites for hydroxylation is 2. The summed E-state index contributed by atoms with van der Waals surface area (Å²) in [5.74, 6) is 0. The van der Waals surface area contributed by atoms with Crippen LogP contribution in [0.25, 0.3) is 0 Å². The number of hydrogen-bond acceptors (Lipinski definition) is 4. The van der Waals surface area contributed by atoms with Gasteiger partial charge in [0.1, 0.15) is 0 Å². The number of nitrogens with zero attached hydrogens (tertiary/aromatic N) is 2. The predicted octanol–water partition coefficient (Wildman–Crippen LogP) is 3.42. The summed E-state index contributed by atoms with van der Waals surface area (Å²) in [7, 11) is 0. The Morgan fingerprint density at radius 1 is 1.44 bits per heavy atom. The lowest BCUT2D eigenvalue weighted by molar-refractivity contribution is 1.10. The Morgan fingerprint density at radius 3 is 2.88 bits per heavy atom. The van der Waals surface area contributed by atoms with Gasteiger partial charge in [0, 0.05) is 11.1 Å². The van der Waals surface area contributed by atoms with Crippen LogP contribution in [0.15, 0.2) is 18.3 Å². The third-order valence-corrected chi connectivity index (χ3v) is 3.57. The first kappa shape index (κ1) is 11.4. The molecule has 0 fully saturated rings. The number of thiazole rings is 1. The second-order valence-corrected chi connectivity index (χ2v) is 5.08. The SMILES string of the molecule is Cc1nc(C)c(CNc2cccnc2Cl)s1. The van der Waals surface area contributed by atoms with Crippen LogP contribution in [0.4, 0.5) is 5.69 Å². The first-order chi connectivity index (χ1) is 7.66. The number of nitrogens with one attached hydrogen (secondary N) is 1. The smallest absolute Gasteiger partial charge is 0.152 e. The molecule has 2 aromatic rings. The molecule has 5 heteroatoms. The average Bonchev–Trinajstić information content (AvgIpc) is 2.56. The first-order valence-electron chi connectivity index (χ1n) is 4.94. The van der Waals surface area contributed by atoms with E-state index in [0.29, 0.717) is 5.15 Å². The normalized spacial score (nSPS) is 10.4. The summed E-state index contributed by atoms with van der Waals surface area (Å²) in [6.07, 6.45) is 1.68. The Balaban J connectivity index is 2.08. The molecule has 3 nitrogen and oxygen atoms in total. The molecule has 0 saturated heterocycles. The highest BCUT2D eigenvalue weighted by atomic mass is 35.5. The van der Waals surface area contributed by atoms with E-state index in [2.05, 4.69) is 15.3 Å². The molecule has 0 spiro atoms. The van der Waals surface area contributed by atoms with Gasteiger partial charge in [-0.25, -0.2) is 9.97 Å². The molecule has 84 valence electrons. The molecule has 0 aromatic carbocycles. The molecule has 0 radical (unpaired) electrons. The molecule has 16 heavy (non-hydrogen) atoms. The zero-order chi connectivity index (χ0) is 11.5. The Hall–Kier alpha value is -1.13. The van der Waals surface area contributed by atoms with Crippen LogP contribution < -0.4 is 5.32 Å². The van der Waals surface area contributed by atoms with Crippen LogP contribution >= 0.6 is 22.9 Å². The number of aromatic nitrogens is 2. The maximum Gasteiger partial charge on any atom is 0.152 e. The van der Waals surface area contributed by atoms with E-state index >= 15 is 0 Å². The van der Waals surface area contributed by atoms with E-state index in [9.17, 15) is 0 Å². The Labute approximate surface area is 104 Å². The molecular formula is C11H12ClN3S. The van der Waals surface area contributed by atoms with Gasteiger partial charge in [-0.1, -0.05) is 11.6 Å². The van der Waals surface area contributed by atoms with Crippen molar-refractivity contribution in [1.29, 1.82) is 0 Å². The van der Waals surface area contributed by atoms with Crippen molar-refractivity contribution in [2.75, 3.05) is 5.32 Å². The van der Waals surface area contributed by atoms with Gasteiger partial charge in [0.25, 0.3) is 0 Å². The van der Waals surface area contributed by atoms with Gasteiger partial charge in [0.15, 0.2) is 5.15 Å². The maximum absolute atomic E-state index is 5.95. The Bertz CT molecular complexity index is 496. The van der Waals surface area contributed by atoms with E-state index in [4.69, 9.17) is 11.6 Å². The third-order valence-electron chi connectivity index (χ3n) is 2.20. The molecule has 0 aliphatic heterocycles. The average molecular weight is 254 g/mol. The summed E-state index contributed by atoms with van der Waals surface area (Å²) in [5, 5.41) is 4.85. The van der Waals surface area contributed by atoms with Crippen molar-refractivity contribution >= 4 is 28.6 Å². The number of rotatable bonds is 3. The molecule has 2 aromatic heterocycles. The fourth-order valence-electron chi connectivity index (χ4n) is 1.43. The summed E-state index contributed by atoms with van der Waals surface area (Å²) in [5.41, 5.74) is 1.93. The molecule has 2 heterocycles. The van der Waals surface area contributed by atoms with Crippen LogP contribution in [0.2, 0.25) is 5.15 Å². The predicted molar refractivity (Wildman–Crippen MR) is 68.2 cm³/mol. The largest absolute Gasteiger partial charge is 0.378 e. The third kappa shape index (κ3) is 2.51. The van der Waals surface area contributed by atoms with E-state index in [-0.39, 0.29) is 0 Å². The topological polar surface area (TPSA) is 37.8 Å². The van der Waals surface area contributed by atoms with Gasteiger partial charge in [-0.15, -0.1) is 11.3 Å². The van der Waals surface area contributed by atoms with Crippen LogP contribution in [-0.2, 0) is 6.54 Å². The summed E-state index contributed by atoms with van der Waals surface area (Å²) >= 11 is 7.65. The summed E-state index contributed by atoms with van der Waals surface area (Å²) < 4.78 is 0. The lowest BCUT2D eigenvalue weighted by Gasteiger charge is -2.05. The van der Waals surface area contributed by atoms with Crippen LogP contribution in [0, 0.1) is 13.8 Å². The highest BCUT2D eigenvalue weighted by molar-refractivity contribution is 7.11. The monoisotopic (exact) mass is 253 g/mol. The second-order valence-electron chi connectivity index (χ2n) is 3.44. The van der Waals surface area contributed by atoms with Gasteiger partial charge in [-0.2, -0.15) is 0 Å². The Kier molecular flexibility index (Phi) is 3.41. The zero-order valence-electron chi connectivity index (χ0n) is 9.12. The van der Waals surface area contributed by atoms with Crippen LogP contribution in [0.3, 0.4) is 0 Å². The second kappa shape index (κ2) is 4.80. The molecule has 0 saturated carbocycles. The summed E-state index contributed by atoms with van der Waals surface area (Å²) in [6.45, 7) is 4.77. The molecule has 2 rings (SSSR count).